The molecule has 0 atom stereocenters. The molecule has 2 rings (SSSR count). The summed E-state index contributed by atoms with van der Waals surface area (Å²) in [7, 11) is 0. The number of hydrogen-bond acceptors (Lipinski definition) is 6. The van der Waals surface area contributed by atoms with E-state index in [1.807, 2.05) is 13.0 Å². The molecule has 128 valence electrons. The van der Waals surface area contributed by atoms with Crippen molar-refractivity contribution in [2.24, 2.45) is 0 Å². The van der Waals surface area contributed by atoms with Gasteiger partial charge in [-0.15, -0.1) is 11.3 Å². The van der Waals surface area contributed by atoms with E-state index < -0.39 is 5.60 Å². The van der Waals surface area contributed by atoms with E-state index in [2.05, 4.69) is 20.9 Å². The minimum absolute atomic E-state index is 0.0803. The highest BCUT2D eigenvalue weighted by Gasteiger charge is 2.17. The zero-order chi connectivity index (χ0) is 17.8. The van der Waals surface area contributed by atoms with Crippen molar-refractivity contribution in [2.75, 3.05) is 6.61 Å². The van der Waals surface area contributed by atoms with E-state index in [0.717, 1.165) is 11.1 Å². The van der Waals surface area contributed by atoms with Gasteiger partial charge in [0.2, 0.25) is 0 Å². The third kappa shape index (κ3) is 6.45. The van der Waals surface area contributed by atoms with Crippen molar-refractivity contribution in [1.82, 2.24) is 4.98 Å². The Kier molecular flexibility index (Phi) is 6.98. The van der Waals surface area contributed by atoms with Crippen LogP contribution in [0.5, 0.6) is 5.75 Å². The predicted molar refractivity (Wildman–Crippen MR) is 96.0 cm³/mol. The number of ether oxygens (including phenoxy) is 1. The number of fused-ring (bicyclic) bond motifs is 1. The van der Waals surface area contributed by atoms with Crippen LogP contribution in [0, 0.1) is 6.92 Å². The lowest BCUT2D eigenvalue weighted by Gasteiger charge is -2.08. The van der Waals surface area contributed by atoms with Crippen molar-refractivity contribution in [2.45, 2.75) is 46.6 Å². The normalized spacial score (nSPS) is 11.1. The lowest BCUT2D eigenvalue weighted by Crippen LogP contribution is -2.10. The zero-order valence-corrected chi connectivity index (χ0v) is 16.3. The quantitative estimate of drug-likeness (QED) is 0.758. The van der Waals surface area contributed by atoms with E-state index in [1.165, 1.54) is 11.3 Å². The molecular formula is C16H22BrNO4S. The van der Waals surface area contributed by atoms with Crippen LogP contribution < -0.4 is 0 Å². The van der Waals surface area contributed by atoms with Gasteiger partial charge < -0.3 is 14.9 Å². The maximum atomic E-state index is 11.5. The molecule has 0 radical (unpaired) electrons. The minimum atomic E-state index is -0.500. The molecule has 0 aliphatic rings. The molecule has 0 saturated heterocycles. The largest absolute Gasteiger partial charge is 0.506 e. The molecule has 0 saturated carbocycles. The summed E-state index contributed by atoms with van der Waals surface area (Å²) in [5.74, 6) is -0.208. The summed E-state index contributed by atoms with van der Waals surface area (Å²) in [6, 6.07) is 1.87. The Morgan fingerprint density at radius 1 is 1.43 bits per heavy atom. The number of halogens is 1. The molecule has 1 aromatic heterocycles. The number of aryl methyl sites for hydroxylation is 1. The molecule has 5 nitrogen and oxygen atoms in total. The monoisotopic (exact) mass is 403 g/mol. The first-order valence-electron chi connectivity index (χ1n) is 7.18. The Labute approximate surface area is 148 Å². The van der Waals surface area contributed by atoms with Gasteiger partial charge in [0, 0.05) is 5.56 Å². The number of rotatable bonds is 3. The fourth-order valence-electron chi connectivity index (χ4n) is 1.77. The first-order valence-corrected chi connectivity index (χ1v) is 8.79. The topological polar surface area (TPSA) is 79.7 Å². The smallest absolute Gasteiger partial charge is 0.310 e. The van der Waals surface area contributed by atoms with E-state index >= 15 is 0 Å². The summed E-state index contributed by atoms with van der Waals surface area (Å²) in [4.78, 5) is 15.8. The maximum absolute atomic E-state index is 11.5. The van der Waals surface area contributed by atoms with E-state index in [-0.39, 0.29) is 18.1 Å². The molecule has 0 spiro atoms. The Bertz CT molecular complexity index is 685. The number of carbonyl (C=O) groups is 1. The molecule has 0 fully saturated rings. The van der Waals surface area contributed by atoms with Crippen LogP contribution in [-0.2, 0) is 16.0 Å². The van der Waals surface area contributed by atoms with Crippen LogP contribution in [0.2, 0.25) is 0 Å². The SMILES string of the molecule is CC(C)(C)O.CCOC(=O)Cc1c(C)cc2nc(Br)sc2c1O. The molecule has 0 aliphatic heterocycles. The van der Waals surface area contributed by atoms with Crippen LogP contribution in [0.1, 0.15) is 38.8 Å². The van der Waals surface area contributed by atoms with Crippen LogP contribution in [0.25, 0.3) is 10.2 Å². The average molecular weight is 404 g/mol. The number of aromatic hydroxyl groups is 1. The van der Waals surface area contributed by atoms with Gasteiger partial charge in [0.15, 0.2) is 3.92 Å². The van der Waals surface area contributed by atoms with Gasteiger partial charge in [-0.25, -0.2) is 4.98 Å². The second kappa shape index (κ2) is 8.08. The van der Waals surface area contributed by atoms with Crippen LogP contribution in [0.15, 0.2) is 9.98 Å². The summed E-state index contributed by atoms with van der Waals surface area (Å²) >= 11 is 4.63. The summed E-state index contributed by atoms with van der Waals surface area (Å²) in [6.07, 6.45) is 0.0803. The number of hydrogen-bond donors (Lipinski definition) is 2. The van der Waals surface area contributed by atoms with E-state index in [0.29, 0.717) is 20.8 Å². The number of esters is 1. The van der Waals surface area contributed by atoms with E-state index in [1.54, 1.807) is 27.7 Å². The van der Waals surface area contributed by atoms with Gasteiger partial charge in [-0.05, 0) is 62.2 Å². The standard InChI is InChI=1S/C12H12BrNO3S.C4H10O/c1-3-17-9(15)5-7-6(2)4-8-11(10(7)16)18-12(13)14-8;1-4(2,3)5/h4,16H,3,5H2,1-2H3;5H,1-3H3. The van der Waals surface area contributed by atoms with Gasteiger partial charge in [-0.1, -0.05) is 0 Å². The lowest BCUT2D eigenvalue weighted by atomic mass is 10.0. The fourth-order valence-corrected chi connectivity index (χ4v) is 3.19. The first kappa shape index (κ1) is 19.9. The predicted octanol–water partition coefficient (Wildman–Crippen LogP) is 3.96. The van der Waals surface area contributed by atoms with Crippen LogP contribution >= 0.6 is 27.3 Å². The van der Waals surface area contributed by atoms with Gasteiger partial charge in [0.25, 0.3) is 0 Å². The summed E-state index contributed by atoms with van der Waals surface area (Å²) < 4.78 is 6.30. The van der Waals surface area contributed by atoms with Crippen molar-refractivity contribution in [3.63, 3.8) is 0 Å². The van der Waals surface area contributed by atoms with Crippen molar-refractivity contribution < 1.29 is 19.7 Å². The molecule has 0 unspecified atom stereocenters. The molecule has 1 heterocycles. The second-order valence-corrected chi connectivity index (χ2v) is 8.26. The second-order valence-electron chi connectivity index (χ2n) is 5.99. The van der Waals surface area contributed by atoms with Gasteiger partial charge in [-0.3, -0.25) is 4.79 Å². The molecule has 23 heavy (non-hydrogen) atoms. The van der Waals surface area contributed by atoms with Gasteiger partial charge >= 0.3 is 5.97 Å². The minimum Gasteiger partial charge on any atom is -0.506 e. The molecule has 7 heteroatoms. The molecule has 0 bridgehead atoms. The van der Waals surface area contributed by atoms with Crippen LogP contribution in [0.3, 0.4) is 0 Å². The summed E-state index contributed by atoms with van der Waals surface area (Å²) in [5, 5.41) is 18.7. The number of aromatic nitrogens is 1. The fraction of sp³-hybridized carbons (Fsp3) is 0.500. The highest BCUT2D eigenvalue weighted by atomic mass is 79.9. The highest BCUT2D eigenvalue weighted by Crippen LogP contribution is 2.37. The van der Waals surface area contributed by atoms with Gasteiger partial charge in [0.1, 0.15) is 5.75 Å². The molecule has 0 aliphatic carbocycles. The number of benzene rings is 1. The Morgan fingerprint density at radius 3 is 2.52 bits per heavy atom. The number of thiazole rings is 1. The van der Waals surface area contributed by atoms with Crippen molar-refractivity contribution >= 4 is 43.5 Å². The van der Waals surface area contributed by atoms with Gasteiger partial charge in [-0.2, -0.15) is 0 Å². The number of phenols is 1. The maximum Gasteiger partial charge on any atom is 0.310 e. The summed E-state index contributed by atoms with van der Waals surface area (Å²) in [6.45, 7) is 9.18. The molecule has 1 aromatic carbocycles. The van der Waals surface area contributed by atoms with Crippen LogP contribution in [-0.4, -0.2) is 33.4 Å². The van der Waals surface area contributed by atoms with Gasteiger partial charge in [0.05, 0.1) is 28.8 Å². The molecule has 2 aromatic rings. The number of nitrogens with zero attached hydrogens (tertiary/aromatic N) is 1. The van der Waals surface area contributed by atoms with Crippen molar-refractivity contribution in [1.29, 1.82) is 0 Å². The van der Waals surface area contributed by atoms with E-state index in [4.69, 9.17) is 9.84 Å². The third-order valence-electron chi connectivity index (χ3n) is 2.58. The van der Waals surface area contributed by atoms with Crippen molar-refractivity contribution in [3.05, 3.63) is 21.1 Å². The molecular weight excluding hydrogens is 382 g/mol. The Morgan fingerprint density at radius 2 is 2.00 bits per heavy atom. The first-order chi connectivity index (χ1) is 10.5. The zero-order valence-electron chi connectivity index (χ0n) is 13.9. The van der Waals surface area contributed by atoms with Crippen LogP contribution in [0.4, 0.5) is 0 Å². The number of phenolic OH excluding ortho intramolecular Hbond substituents is 1. The van der Waals surface area contributed by atoms with Crippen molar-refractivity contribution in [3.8, 4) is 5.75 Å². The average Bonchev–Trinajstić information content (AvgIpc) is 2.73. The Balaban J connectivity index is 0.000000463. The summed E-state index contributed by atoms with van der Waals surface area (Å²) in [5.41, 5.74) is 1.68. The molecule has 0 amide bonds. The number of aliphatic hydroxyl groups is 1. The lowest BCUT2D eigenvalue weighted by molar-refractivity contribution is -0.142. The molecule has 2 N–H and O–H groups in total. The highest BCUT2D eigenvalue weighted by molar-refractivity contribution is 9.11. The Hall–Kier alpha value is -1.18. The van der Waals surface area contributed by atoms with E-state index in [9.17, 15) is 9.90 Å². The number of carbonyl (C=O) groups excluding carboxylic acids is 1. The third-order valence-corrected chi connectivity index (χ3v) is 4.11.